The Morgan fingerprint density at radius 1 is 1.55 bits per heavy atom. The third-order valence-electron chi connectivity index (χ3n) is 1.35. The number of fused-ring (bicyclic) bond motifs is 1. The fourth-order valence-corrected chi connectivity index (χ4v) is 1.09. The van der Waals surface area contributed by atoms with Crippen LogP contribution in [0.1, 0.15) is 0 Å². The molecule has 51 valence electrons. The van der Waals surface area contributed by atoms with Gasteiger partial charge in [-0.3, -0.25) is 0 Å². The first-order valence-electron chi connectivity index (χ1n) is 2.87. The van der Waals surface area contributed by atoms with Crippen molar-refractivity contribution in [3.05, 3.63) is 29.7 Å². The number of nitrogens with one attached hydrogen (secondary N) is 1. The van der Waals surface area contributed by atoms with Gasteiger partial charge in [0.25, 0.3) is 0 Å². The van der Waals surface area contributed by atoms with Gasteiger partial charge in [0.1, 0.15) is 0 Å². The summed E-state index contributed by atoms with van der Waals surface area (Å²) in [5, 5.41) is 1.47. The zero-order valence-electron chi connectivity index (χ0n) is 5.06. The predicted molar refractivity (Wildman–Crippen MR) is 47.1 cm³/mol. The molecule has 4 heteroatoms. The maximum atomic E-state index is 5.74. The van der Waals surface area contributed by atoms with Crippen molar-refractivity contribution in [2.45, 2.75) is 0 Å². The zero-order valence-corrected chi connectivity index (χ0v) is 5.81. The molecule has 0 spiro atoms. The second kappa shape index (κ2) is 4.03. The molecule has 2 heterocycles. The quantitative estimate of drug-likeness (QED) is 0.495. The van der Waals surface area contributed by atoms with Gasteiger partial charge in [0.15, 0.2) is 5.15 Å². The third kappa shape index (κ3) is 1.85. The molecular weight excluding hydrogens is 187 g/mol. The van der Waals surface area contributed by atoms with Crippen LogP contribution in [-0.4, -0.2) is 61.4 Å². The summed E-state index contributed by atoms with van der Waals surface area (Å²) in [4.78, 5) is 6.83. The summed E-state index contributed by atoms with van der Waals surface area (Å²) in [5.41, 5.74) is 0.851. The third-order valence-corrected chi connectivity index (χ3v) is 1.64. The minimum absolute atomic E-state index is 0. The second-order valence-corrected chi connectivity index (χ2v) is 2.32. The van der Waals surface area contributed by atoms with Crippen molar-refractivity contribution in [2.24, 2.45) is 0 Å². The summed E-state index contributed by atoms with van der Waals surface area (Å²) in [6, 6.07) is 4.84. The molecule has 0 aliphatic heterocycles. The molecule has 0 saturated heterocycles. The van der Waals surface area contributed by atoms with Crippen LogP contribution in [0.2, 0.25) is 5.15 Å². The van der Waals surface area contributed by atoms with E-state index < -0.39 is 0 Å². The van der Waals surface area contributed by atoms with E-state index in [9.17, 15) is 0 Å². The fourth-order valence-electron chi connectivity index (χ4n) is 0.880. The molecule has 11 heavy (non-hydrogen) atoms. The van der Waals surface area contributed by atoms with Gasteiger partial charge in [-0.1, -0.05) is 11.6 Å². The Balaban J connectivity index is 0.000000605. The molecule has 2 aromatic rings. The number of halogens is 1. The van der Waals surface area contributed by atoms with Crippen molar-refractivity contribution in [2.75, 3.05) is 0 Å². The van der Waals surface area contributed by atoms with Crippen LogP contribution < -0.4 is 0 Å². The van der Waals surface area contributed by atoms with E-state index in [1.54, 1.807) is 12.4 Å². The van der Waals surface area contributed by atoms with Gasteiger partial charge in [-0.05, 0) is 6.07 Å². The maximum absolute atomic E-state index is 5.74. The number of aromatic nitrogens is 2. The standard InChI is InChI=1S/C7H4ClN2.K.H/c8-7-6-5(1-3-9-6)2-4-10-7;;/h2-4,9H;;. The Morgan fingerprint density at radius 2 is 2.36 bits per heavy atom. The van der Waals surface area contributed by atoms with Gasteiger partial charge in [-0.15, -0.1) is 0 Å². The molecule has 0 aliphatic rings. The van der Waals surface area contributed by atoms with Crippen LogP contribution in [0.15, 0.2) is 18.5 Å². The summed E-state index contributed by atoms with van der Waals surface area (Å²) >= 11 is 5.74. The molecule has 1 radical (unpaired) electrons. The number of H-pyrrole nitrogens is 1. The van der Waals surface area contributed by atoms with Crippen LogP contribution in [0, 0.1) is 6.07 Å². The predicted octanol–water partition coefficient (Wildman–Crippen LogP) is 1.37. The second-order valence-electron chi connectivity index (χ2n) is 1.96. The van der Waals surface area contributed by atoms with E-state index in [0.717, 1.165) is 10.9 Å². The Hall–Kier alpha value is 0.616. The molecule has 0 aliphatic carbocycles. The normalized spacial score (nSPS) is 9.55. The molecule has 2 nitrogen and oxygen atoms in total. The van der Waals surface area contributed by atoms with E-state index in [1.165, 1.54) is 0 Å². The zero-order chi connectivity index (χ0) is 6.97. The van der Waals surface area contributed by atoms with Gasteiger partial charge in [-0.2, -0.15) is 0 Å². The monoisotopic (exact) mass is 191 g/mol. The first-order chi connectivity index (χ1) is 4.88. The number of pyridine rings is 1. The molecule has 0 aromatic carbocycles. The molecule has 2 aromatic heterocycles. The molecule has 0 unspecified atom stereocenters. The van der Waals surface area contributed by atoms with E-state index in [4.69, 9.17) is 11.6 Å². The van der Waals surface area contributed by atoms with Crippen LogP contribution in [0.5, 0.6) is 0 Å². The van der Waals surface area contributed by atoms with E-state index in [1.807, 2.05) is 6.07 Å². The van der Waals surface area contributed by atoms with Gasteiger partial charge < -0.3 is 4.98 Å². The van der Waals surface area contributed by atoms with Crippen molar-refractivity contribution in [3.63, 3.8) is 0 Å². The number of rotatable bonds is 0. The first-order valence-corrected chi connectivity index (χ1v) is 3.25. The molecule has 1 N–H and O–H groups in total. The Labute approximate surface area is 112 Å². The van der Waals surface area contributed by atoms with Crippen LogP contribution in [0.25, 0.3) is 10.9 Å². The van der Waals surface area contributed by atoms with E-state index in [0.29, 0.717) is 5.15 Å². The van der Waals surface area contributed by atoms with Gasteiger partial charge in [0, 0.05) is 23.8 Å². The van der Waals surface area contributed by atoms with Gasteiger partial charge in [0.05, 0.1) is 5.52 Å². The van der Waals surface area contributed by atoms with Crippen LogP contribution >= 0.6 is 11.6 Å². The summed E-state index contributed by atoms with van der Waals surface area (Å²) in [5.74, 6) is 0. The van der Waals surface area contributed by atoms with Gasteiger partial charge >= 0.3 is 51.4 Å². The van der Waals surface area contributed by atoms with Crippen molar-refractivity contribution in [1.82, 2.24) is 9.97 Å². The van der Waals surface area contributed by atoms with Crippen LogP contribution in [0.4, 0.5) is 0 Å². The van der Waals surface area contributed by atoms with E-state index in [2.05, 4.69) is 16.0 Å². The SMILES string of the molecule is Clc1nccc2[c]c[nH]c12.[KH]. The van der Waals surface area contributed by atoms with Crippen LogP contribution in [-0.2, 0) is 0 Å². The summed E-state index contributed by atoms with van der Waals surface area (Å²) in [6.45, 7) is 0. The first kappa shape index (κ1) is 9.70. The van der Waals surface area contributed by atoms with Crippen molar-refractivity contribution >= 4 is 73.9 Å². The average molecular weight is 192 g/mol. The molecule has 0 saturated carbocycles. The van der Waals surface area contributed by atoms with Crippen molar-refractivity contribution in [1.29, 1.82) is 0 Å². The molecule has 0 atom stereocenters. The van der Waals surface area contributed by atoms with Gasteiger partial charge in [-0.25, -0.2) is 4.98 Å². The van der Waals surface area contributed by atoms with Crippen molar-refractivity contribution in [3.8, 4) is 0 Å². The molecule has 2 rings (SSSR count). The number of hydrogen-bond acceptors (Lipinski definition) is 1. The van der Waals surface area contributed by atoms with E-state index in [-0.39, 0.29) is 51.4 Å². The summed E-state index contributed by atoms with van der Waals surface area (Å²) in [7, 11) is 0. The van der Waals surface area contributed by atoms with Crippen LogP contribution in [0.3, 0.4) is 0 Å². The summed E-state index contributed by atoms with van der Waals surface area (Å²) in [6.07, 6.45) is 3.38. The number of nitrogens with zero attached hydrogens (tertiary/aromatic N) is 1. The fraction of sp³-hybridized carbons (Fsp3) is 0. The van der Waals surface area contributed by atoms with Crippen molar-refractivity contribution < 1.29 is 0 Å². The average Bonchev–Trinajstić information content (AvgIpc) is 2.36. The van der Waals surface area contributed by atoms with Gasteiger partial charge in [0.2, 0.25) is 0 Å². The Morgan fingerprint density at radius 3 is 3.09 bits per heavy atom. The molecular formula is C7H5ClKN2. The minimum atomic E-state index is 0. The molecule has 0 fully saturated rings. The number of aromatic amines is 1. The summed E-state index contributed by atoms with van der Waals surface area (Å²) < 4.78 is 0. The topological polar surface area (TPSA) is 28.7 Å². The Bertz CT molecular complexity index is 358. The molecule has 0 bridgehead atoms. The Kier molecular flexibility index (Phi) is 3.55. The number of hydrogen-bond donors (Lipinski definition) is 1. The van der Waals surface area contributed by atoms with E-state index >= 15 is 0 Å². The molecule has 0 amide bonds.